The van der Waals surface area contributed by atoms with Gasteiger partial charge < -0.3 is 15.3 Å². The van der Waals surface area contributed by atoms with Crippen LogP contribution in [0.1, 0.15) is 39.5 Å². The van der Waals surface area contributed by atoms with E-state index >= 15 is 0 Å². The number of hydrogen-bond donors (Lipinski definition) is 2. The fraction of sp³-hybridized carbons (Fsp3) is 0.867. The minimum absolute atomic E-state index is 0.135. The van der Waals surface area contributed by atoms with Crippen molar-refractivity contribution in [1.82, 2.24) is 15.1 Å². The van der Waals surface area contributed by atoms with Gasteiger partial charge in [0.1, 0.15) is 0 Å². The second-order valence-electron chi connectivity index (χ2n) is 6.83. The van der Waals surface area contributed by atoms with E-state index in [0.717, 1.165) is 32.6 Å². The van der Waals surface area contributed by atoms with Gasteiger partial charge in [0.15, 0.2) is 0 Å². The topological polar surface area (TPSA) is 72.9 Å². The van der Waals surface area contributed by atoms with Crippen LogP contribution in [0.15, 0.2) is 0 Å². The highest BCUT2D eigenvalue weighted by Gasteiger charge is 2.33. The third-order valence-corrected chi connectivity index (χ3v) is 4.62. The molecule has 2 N–H and O–H groups in total. The van der Waals surface area contributed by atoms with E-state index in [0.29, 0.717) is 6.04 Å². The molecule has 2 saturated heterocycles. The number of hydrogen-bond acceptors (Lipinski definition) is 3. The molecule has 0 aromatic heterocycles. The molecule has 2 heterocycles. The maximum absolute atomic E-state index is 12.1. The molecule has 2 amide bonds. The first-order valence-corrected chi connectivity index (χ1v) is 7.90. The molecule has 1 unspecified atom stereocenters. The summed E-state index contributed by atoms with van der Waals surface area (Å²) in [5.74, 6) is -0.893. The normalized spacial score (nSPS) is 24.1. The van der Waals surface area contributed by atoms with Gasteiger partial charge in [-0.2, -0.15) is 0 Å². The number of carboxylic acids is 1. The van der Waals surface area contributed by atoms with Crippen molar-refractivity contribution >= 4 is 12.0 Å². The number of nitrogens with one attached hydrogen (secondary N) is 1. The van der Waals surface area contributed by atoms with Crippen molar-refractivity contribution in [2.75, 3.05) is 32.7 Å². The van der Waals surface area contributed by atoms with Crippen LogP contribution in [-0.2, 0) is 4.79 Å². The van der Waals surface area contributed by atoms with Crippen molar-refractivity contribution in [1.29, 1.82) is 0 Å². The number of carbonyl (C=O) groups is 2. The lowest BCUT2D eigenvalue weighted by Crippen LogP contribution is -2.46. The average Bonchev–Trinajstić information content (AvgIpc) is 2.95. The Morgan fingerprint density at radius 1 is 1.19 bits per heavy atom. The predicted octanol–water partition coefficient (Wildman–Crippen LogP) is 1.37. The van der Waals surface area contributed by atoms with Crippen molar-refractivity contribution in [3.8, 4) is 0 Å². The van der Waals surface area contributed by atoms with Gasteiger partial charge in [-0.1, -0.05) is 6.42 Å². The molecular formula is C15H27N3O3. The summed E-state index contributed by atoms with van der Waals surface area (Å²) >= 11 is 0. The van der Waals surface area contributed by atoms with E-state index in [1.807, 2.05) is 4.90 Å². The molecule has 0 bridgehead atoms. The highest BCUT2D eigenvalue weighted by molar-refractivity contribution is 5.77. The molecule has 1 atom stereocenters. The minimum atomic E-state index is -0.929. The number of nitrogens with zero attached hydrogens (tertiary/aromatic N) is 2. The Morgan fingerprint density at radius 3 is 2.48 bits per heavy atom. The molecule has 6 heteroatoms. The van der Waals surface area contributed by atoms with Crippen LogP contribution < -0.4 is 5.32 Å². The smallest absolute Gasteiger partial charge is 0.317 e. The number of amides is 2. The second kappa shape index (κ2) is 6.64. The lowest BCUT2D eigenvalue weighted by Gasteiger charge is -2.32. The van der Waals surface area contributed by atoms with E-state index in [1.165, 1.54) is 19.3 Å². The highest BCUT2D eigenvalue weighted by Crippen LogP contribution is 2.20. The van der Waals surface area contributed by atoms with Crippen LogP contribution in [0.4, 0.5) is 4.79 Å². The molecule has 0 radical (unpaired) electrons. The summed E-state index contributed by atoms with van der Waals surface area (Å²) in [5.41, 5.74) is -0.929. The SMILES string of the molecule is CC(C)(CNC(=O)N1CCC(N2CCCCC2)C1)C(=O)O. The molecule has 120 valence electrons. The van der Waals surface area contributed by atoms with Crippen LogP contribution in [0.3, 0.4) is 0 Å². The zero-order valence-corrected chi connectivity index (χ0v) is 13.1. The minimum Gasteiger partial charge on any atom is -0.481 e. The Bertz CT molecular complexity index is 392. The summed E-state index contributed by atoms with van der Waals surface area (Å²) in [4.78, 5) is 27.5. The number of rotatable bonds is 4. The molecule has 0 aromatic rings. The maximum Gasteiger partial charge on any atom is 0.317 e. The van der Waals surface area contributed by atoms with Crippen molar-refractivity contribution in [2.45, 2.75) is 45.6 Å². The van der Waals surface area contributed by atoms with E-state index < -0.39 is 11.4 Å². The zero-order valence-electron chi connectivity index (χ0n) is 13.1. The molecule has 6 nitrogen and oxygen atoms in total. The van der Waals surface area contributed by atoms with Crippen LogP contribution in [0, 0.1) is 5.41 Å². The average molecular weight is 297 g/mol. The summed E-state index contributed by atoms with van der Waals surface area (Å²) in [6, 6.07) is 0.340. The van der Waals surface area contributed by atoms with Gasteiger partial charge in [-0.05, 0) is 46.2 Å². The Kier molecular flexibility index (Phi) is 5.08. The van der Waals surface area contributed by atoms with Crippen LogP contribution in [0.2, 0.25) is 0 Å². The molecule has 0 aromatic carbocycles. The number of piperidine rings is 1. The van der Waals surface area contributed by atoms with Gasteiger partial charge in [0.2, 0.25) is 0 Å². The van der Waals surface area contributed by atoms with Crippen molar-refractivity contribution in [3.05, 3.63) is 0 Å². The Balaban J connectivity index is 1.78. The Labute approximate surface area is 126 Å². The van der Waals surface area contributed by atoms with Gasteiger partial charge in [-0.15, -0.1) is 0 Å². The molecular weight excluding hydrogens is 270 g/mol. The van der Waals surface area contributed by atoms with Crippen molar-refractivity contribution in [2.24, 2.45) is 5.41 Å². The molecule has 0 spiro atoms. The molecule has 0 saturated carbocycles. The first kappa shape index (κ1) is 16.1. The van der Waals surface area contributed by atoms with Crippen molar-refractivity contribution < 1.29 is 14.7 Å². The number of aliphatic carboxylic acids is 1. The number of urea groups is 1. The molecule has 2 fully saturated rings. The summed E-state index contributed by atoms with van der Waals surface area (Å²) in [6.07, 6.45) is 4.86. The van der Waals surface area contributed by atoms with E-state index in [9.17, 15) is 9.59 Å². The van der Waals surface area contributed by atoms with Crippen LogP contribution in [0.25, 0.3) is 0 Å². The quantitative estimate of drug-likeness (QED) is 0.822. The monoisotopic (exact) mass is 297 g/mol. The molecule has 0 aliphatic carbocycles. The predicted molar refractivity (Wildman–Crippen MR) is 80.2 cm³/mol. The van der Waals surface area contributed by atoms with Crippen molar-refractivity contribution in [3.63, 3.8) is 0 Å². The largest absolute Gasteiger partial charge is 0.481 e. The zero-order chi connectivity index (χ0) is 15.5. The molecule has 2 rings (SSSR count). The summed E-state index contributed by atoms with van der Waals surface area (Å²) in [5, 5.41) is 11.8. The van der Waals surface area contributed by atoms with E-state index in [1.54, 1.807) is 13.8 Å². The molecule has 2 aliphatic rings. The van der Waals surface area contributed by atoms with Crippen LogP contribution >= 0.6 is 0 Å². The van der Waals surface area contributed by atoms with Gasteiger partial charge in [0.05, 0.1) is 5.41 Å². The highest BCUT2D eigenvalue weighted by atomic mass is 16.4. The van der Waals surface area contributed by atoms with E-state index in [2.05, 4.69) is 10.2 Å². The third kappa shape index (κ3) is 4.09. The first-order chi connectivity index (χ1) is 9.90. The Hall–Kier alpha value is -1.30. The fourth-order valence-electron chi connectivity index (χ4n) is 2.99. The standard InChI is InChI=1S/C15H27N3O3/c1-15(2,13(19)20)11-16-14(21)18-9-6-12(10-18)17-7-4-3-5-8-17/h12H,3-11H2,1-2H3,(H,16,21)(H,19,20). The summed E-state index contributed by atoms with van der Waals surface area (Å²) in [6.45, 7) is 7.22. The molecule has 2 aliphatic heterocycles. The van der Waals surface area contributed by atoms with Gasteiger partial charge in [-0.3, -0.25) is 9.69 Å². The van der Waals surface area contributed by atoms with E-state index in [-0.39, 0.29) is 12.6 Å². The third-order valence-electron chi connectivity index (χ3n) is 4.62. The number of likely N-dealkylation sites (tertiary alicyclic amines) is 2. The Morgan fingerprint density at radius 2 is 1.86 bits per heavy atom. The number of carbonyl (C=O) groups excluding carboxylic acids is 1. The first-order valence-electron chi connectivity index (χ1n) is 7.90. The number of carboxylic acid groups (broad SMARTS) is 1. The summed E-state index contributed by atoms with van der Waals surface area (Å²) in [7, 11) is 0. The fourth-order valence-corrected chi connectivity index (χ4v) is 2.99. The van der Waals surface area contributed by atoms with Gasteiger partial charge >= 0.3 is 12.0 Å². The second-order valence-corrected chi connectivity index (χ2v) is 6.83. The molecule has 21 heavy (non-hydrogen) atoms. The maximum atomic E-state index is 12.1. The van der Waals surface area contributed by atoms with Crippen LogP contribution in [0.5, 0.6) is 0 Å². The van der Waals surface area contributed by atoms with Gasteiger partial charge in [0.25, 0.3) is 0 Å². The summed E-state index contributed by atoms with van der Waals surface area (Å²) < 4.78 is 0. The lowest BCUT2D eigenvalue weighted by molar-refractivity contribution is -0.146. The van der Waals surface area contributed by atoms with Gasteiger partial charge in [0, 0.05) is 25.7 Å². The van der Waals surface area contributed by atoms with Crippen LogP contribution in [-0.4, -0.2) is 65.7 Å². The lowest BCUT2D eigenvalue weighted by atomic mass is 9.94. The van der Waals surface area contributed by atoms with E-state index in [4.69, 9.17) is 5.11 Å². The van der Waals surface area contributed by atoms with Gasteiger partial charge in [-0.25, -0.2) is 4.79 Å².